The lowest BCUT2D eigenvalue weighted by atomic mass is 9.95. The molecule has 0 unspecified atom stereocenters. The van der Waals surface area contributed by atoms with E-state index < -0.39 is 10.0 Å². The van der Waals surface area contributed by atoms with E-state index in [-0.39, 0.29) is 34.5 Å². The van der Waals surface area contributed by atoms with Crippen LogP contribution in [0.15, 0.2) is 46.0 Å². The highest BCUT2D eigenvalue weighted by Crippen LogP contribution is 2.28. The van der Waals surface area contributed by atoms with Gasteiger partial charge in [0.2, 0.25) is 10.0 Å². The molecule has 24 heavy (non-hydrogen) atoms. The molecule has 0 bridgehead atoms. The lowest BCUT2D eigenvalue weighted by molar-refractivity contribution is 0.0789. The summed E-state index contributed by atoms with van der Waals surface area (Å²) >= 11 is 0.950. The van der Waals surface area contributed by atoms with Crippen LogP contribution < -0.4 is 10.9 Å². The number of halogens is 1. The maximum absolute atomic E-state index is 12.6. The molecule has 1 saturated heterocycles. The molecular weight excluding hydrogens is 370 g/mol. The number of sulfonamides is 1. The molecular formula is C15H18ClN3O3S2. The molecule has 6 nitrogen and oxygen atoms in total. The smallest absolute Gasteiger partial charge is 0.254 e. The Kier molecular flexibility index (Phi) is 5.67. The van der Waals surface area contributed by atoms with Crippen LogP contribution in [0.1, 0.15) is 21.8 Å². The molecule has 2 heterocycles. The van der Waals surface area contributed by atoms with E-state index in [1.54, 1.807) is 4.90 Å². The minimum absolute atomic E-state index is 0. The number of rotatable bonds is 3. The minimum atomic E-state index is -3.78. The zero-order valence-corrected chi connectivity index (χ0v) is 15.1. The summed E-state index contributed by atoms with van der Waals surface area (Å²) < 4.78 is 22.6. The molecule has 0 saturated carbocycles. The highest BCUT2D eigenvalue weighted by molar-refractivity contribution is 7.91. The van der Waals surface area contributed by atoms with Gasteiger partial charge in [0.1, 0.15) is 4.21 Å². The van der Waals surface area contributed by atoms with Crippen molar-refractivity contribution in [2.75, 3.05) is 13.1 Å². The van der Waals surface area contributed by atoms with Gasteiger partial charge in [-0.1, -0.05) is 30.3 Å². The number of carbonyl (C=O) groups excluding carboxylic acids is 1. The predicted molar refractivity (Wildman–Crippen MR) is 96.0 cm³/mol. The largest absolute Gasteiger partial charge is 0.336 e. The molecule has 1 amide bonds. The van der Waals surface area contributed by atoms with Crippen LogP contribution in [0.5, 0.6) is 0 Å². The lowest BCUT2D eigenvalue weighted by Crippen LogP contribution is -2.32. The zero-order valence-electron chi connectivity index (χ0n) is 12.7. The van der Waals surface area contributed by atoms with Crippen molar-refractivity contribution in [1.29, 1.82) is 0 Å². The average molecular weight is 388 g/mol. The van der Waals surface area contributed by atoms with Crippen LogP contribution >= 0.6 is 23.7 Å². The summed E-state index contributed by atoms with van der Waals surface area (Å²) in [7, 11) is -3.78. The second-order valence-electron chi connectivity index (χ2n) is 5.59. The van der Waals surface area contributed by atoms with Crippen molar-refractivity contribution in [3.8, 4) is 0 Å². The monoisotopic (exact) mass is 387 g/mol. The fraction of sp³-hybridized carbons (Fsp3) is 0.267. The van der Waals surface area contributed by atoms with Crippen LogP contribution in [0.4, 0.5) is 0 Å². The van der Waals surface area contributed by atoms with Crippen molar-refractivity contribution >= 4 is 39.7 Å². The number of hydrogen-bond acceptors (Lipinski definition) is 5. The number of amides is 1. The number of thiophene rings is 1. The van der Waals surface area contributed by atoms with Crippen molar-refractivity contribution < 1.29 is 13.2 Å². The van der Waals surface area contributed by atoms with Crippen molar-refractivity contribution in [3.63, 3.8) is 0 Å². The van der Waals surface area contributed by atoms with Crippen LogP contribution in [0.2, 0.25) is 0 Å². The second-order valence-corrected chi connectivity index (χ2v) is 8.29. The molecule has 0 aliphatic carbocycles. The third kappa shape index (κ3) is 3.79. The van der Waals surface area contributed by atoms with Crippen LogP contribution in [-0.4, -0.2) is 38.4 Å². The topological polar surface area (TPSA) is 106 Å². The first-order chi connectivity index (χ1) is 10.9. The molecule has 2 aromatic rings. The second kappa shape index (κ2) is 7.20. The van der Waals surface area contributed by atoms with Gasteiger partial charge in [-0.15, -0.1) is 23.7 Å². The molecule has 2 atom stereocenters. The Morgan fingerprint density at radius 1 is 1.21 bits per heavy atom. The summed E-state index contributed by atoms with van der Waals surface area (Å²) in [5.41, 5.74) is 7.62. The Labute approximate surface area is 150 Å². The Morgan fingerprint density at radius 3 is 2.46 bits per heavy atom. The summed E-state index contributed by atoms with van der Waals surface area (Å²) in [5.74, 6) is -0.137. The third-order valence-corrected chi connectivity index (χ3v) is 6.37. The zero-order chi connectivity index (χ0) is 16.6. The van der Waals surface area contributed by atoms with Gasteiger partial charge in [0.15, 0.2) is 0 Å². The van der Waals surface area contributed by atoms with Crippen LogP contribution in [-0.2, 0) is 10.0 Å². The van der Waals surface area contributed by atoms with Gasteiger partial charge in [0, 0.05) is 30.4 Å². The molecule has 4 N–H and O–H groups in total. The molecule has 3 rings (SSSR count). The van der Waals surface area contributed by atoms with Crippen LogP contribution in [0.3, 0.4) is 0 Å². The van der Waals surface area contributed by atoms with Gasteiger partial charge in [0.05, 0.1) is 5.56 Å². The minimum Gasteiger partial charge on any atom is -0.336 e. The highest BCUT2D eigenvalue weighted by Gasteiger charge is 2.34. The first-order valence-corrected chi connectivity index (χ1v) is 9.50. The highest BCUT2D eigenvalue weighted by atomic mass is 35.5. The van der Waals surface area contributed by atoms with E-state index in [0.29, 0.717) is 18.7 Å². The maximum atomic E-state index is 12.6. The van der Waals surface area contributed by atoms with Crippen LogP contribution in [0.25, 0.3) is 0 Å². The van der Waals surface area contributed by atoms with E-state index in [1.165, 1.54) is 11.4 Å². The Morgan fingerprint density at radius 2 is 1.88 bits per heavy atom. The van der Waals surface area contributed by atoms with E-state index in [9.17, 15) is 13.2 Å². The molecule has 9 heteroatoms. The molecule has 1 aromatic heterocycles. The molecule has 130 valence electrons. The van der Waals surface area contributed by atoms with Crippen LogP contribution in [0, 0.1) is 0 Å². The summed E-state index contributed by atoms with van der Waals surface area (Å²) in [6.45, 7) is 0.962. The first-order valence-electron chi connectivity index (χ1n) is 7.07. The molecule has 0 spiro atoms. The Balaban J connectivity index is 0.00000208. The molecule has 0 radical (unpaired) electrons. The quantitative estimate of drug-likeness (QED) is 0.829. The number of hydrogen-bond donors (Lipinski definition) is 2. The lowest BCUT2D eigenvalue weighted by Gasteiger charge is -2.15. The fourth-order valence-electron chi connectivity index (χ4n) is 2.81. The number of nitrogens with two attached hydrogens (primary N) is 2. The summed E-state index contributed by atoms with van der Waals surface area (Å²) in [6, 6.07) is 11.0. The van der Waals surface area contributed by atoms with Crippen molar-refractivity contribution in [2.24, 2.45) is 10.9 Å². The first kappa shape index (κ1) is 18.9. The van der Waals surface area contributed by atoms with Gasteiger partial charge >= 0.3 is 0 Å². The standard InChI is InChI=1S/C15H17N3O3S2.ClH/c16-13-8-18(7-12(13)10-4-2-1-3-5-10)15(19)11-6-14(22-9-11)23(17,20)21;/h1-6,9,12-13H,7-8,16H2,(H2,17,20,21);1H/t12-,13+;/m0./s1. The normalized spacial score (nSPS) is 20.7. The van der Waals surface area contributed by atoms with E-state index in [0.717, 1.165) is 16.9 Å². The van der Waals surface area contributed by atoms with Gasteiger partial charge in [0.25, 0.3) is 5.91 Å². The number of carbonyl (C=O) groups is 1. The van der Waals surface area contributed by atoms with E-state index >= 15 is 0 Å². The third-order valence-electron chi connectivity index (χ3n) is 3.98. The van der Waals surface area contributed by atoms with Crippen molar-refractivity contribution in [1.82, 2.24) is 4.90 Å². The summed E-state index contributed by atoms with van der Waals surface area (Å²) in [4.78, 5) is 14.2. The summed E-state index contributed by atoms with van der Waals surface area (Å²) in [5, 5.41) is 6.60. The van der Waals surface area contributed by atoms with Gasteiger partial charge in [-0.3, -0.25) is 4.79 Å². The predicted octanol–water partition coefficient (Wildman–Crippen LogP) is 1.38. The average Bonchev–Trinajstić information content (AvgIpc) is 3.14. The number of primary sulfonamides is 1. The molecule has 1 fully saturated rings. The number of likely N-dealkylation sites (tertiary alicyclic amines) is 1. The number of benzene rings is 1. The van der Waals surface area contributed by atoms with Gasteiger partial charge in [-0.05, 0) is 11.6 Å². The maximum Gasteiger partial charge on any atom is 0.254 e. The van der Waals surface area contributed by atoms with Crippen molar-refractivity contribution in [3.05, 3.63) is 52.9 Å². The molecule has 1 aromatic carbocycles. The number of nitrogens with zero attached hydrogens (tertiary/aromatic N) is 1. The van der Waals surface area contributed by atoms with Crippen molar-refractivity contribution in [2.45, 2.75) is 16.2 Å². The fourth-order valence-corrected chi connectivity index (χ4v) is 4.39. The SMILES string of the molecule is Cl.N[C@@H]1CN(C(=O)c2csc(S(N)(=O)=O)c2)C[C@H]1c1ccccc1. The molecule has 1 aliphatic rings. The Hall–Kier alpha value is -1.45. The van der Waals surface area contributed by atoms with E-state index in [2.05, 4.69) is 0 Å². The van der Waals surface area contributed by atoms with E-state index in [1.807, 2.05) is 30.3 Å². The van der Waals surface area contributed by atoms with Gasteiger partial charge in [-0.25, -0.2) is 13.6 Å². The molecule has 1 aliphatic heterocycles. The van der Waals surface area contributed by atoms with Gasteiger partial charge < -0.3 is 10.6 Å². The summed E-state index contributed by atoms with van der Waals surface area (Å²) in [6.07, 6.45) is 0. The Bertz CT molecular complexity index is 823. The van der Waals surface area contributed by atoms with E-state index in [4.69, 9.17) is 10.9 Å². The van der Waals surface area contributed by atoms with Gasteiger partial charge in [-0.2, -0.15) is 0 Å².